The van der Waals surface area contributed by atoms with Gasteiger partial charge in [-0.05, 0) is 42.5 Å². The minimum Gasteiger partial charge on any atom is -0.365 e. The van der Waals surface area contributed by atoms with Crippen LogP contribution < -0.4 is 5.32 Å². The molecule has 250 valence electrons. The minimum atomic E-state index is -0.458. The van der Waals surface area contributed by atoms with E-state index in [0.29, 0.717) is 54.9 Å². The van der Waals surface area contributed by atoms with E-state index in [9.17, 15) is 29.8 Å². The summed E-state index contributed by atoms with van der Waals surface area (Å²) >= 11 is 11.5. The summed E-state index contributed by atoms with van der Waals surface area (Å²) in [6, 6.07) is 7.21. The van der Waals surface area contributed by atoms with Gasteiger partial charge in [0.25, 0.3) is 12.5 Å². The third-order valence-electron chi connectivity index (χ3n) is 7.63. The van der Waals surface area contributed by atoms with Crippen molar-refractivity contribution in [1.29, 1.82) is 0 Å². The summed E-state index contributed by atoms with van der Waals surface area (Å²) in [5, 5.41) is 25.9. The molecule has 4 aliphatic heterocycles. The number of rotatable bonds is 10. The number of fused-ring (bicyclic) bond motifs is 4. The van der Waals surface area contributed by atoms with Crippen LogP contribution in [0.5, 0.6) is 0 Å². The molecular formula is C30H35Cl2N8O7+. The lowest BCUT2D eigenvalue weighted by Crippen LogP contribution is -2.48. The second-order valence-electron chi connectivity index (χ2n) is 10.8. The third kappa shape index (κ3) is 10.0. The van der Waals surface area contributed by atoms with Gasteiger partial charge in [-0.1, -0.05) is 35.3 Å². The van der Waals surface area contributed by atoms with Gasteiger partial charge in [0.2, 0.25) is 0 Å². The van der Waals surface area contributed by atoms with Gasteiger partial charge in [-0.15, -0.1) is 0 Å². The van der Waals surface area contributed by atoms with Crippen molar-refractivity contribution in [3.8, 4) is 0 Å². The Morgan fingerprint density at radius 1 is 0.979 bits per heavy atom. The first-order valence-electron chi connectivity index (χ1n) is 15.0. The number of hydrogen-bond acceptors (Lipinski definition) is 13. The Morgan fingerprint density at radius 2 is 1.66 bits per heavy atom. The van der Waals surface area contributed by atoms with E-state index < -0.39 is 4.92 Å². The molecule has 2 atom stereocenters. The highest BCUT2D eigenvalue weighted by Crippen LogP contribution is 2.39. The van der Waals surface area contributed by atoms with Crippen molar-refractivity contribution in [2.45, 2.75) is 57.5 Å². The fourth-order valence-corrected chi connectivity index (χ4v) is 5.78. The maximum atomic E-state index is 11.6. The lowest BCUT2D eigenvalue weighted by Gasteiger charge is -2.41. The molecule has 1 N–H and O–H groups in total. The van der Waals surface area contributed by atoms with Crippen molar-refractivity contribution in [2.24, 2.45) is 0 Å². The first-order chi connectivity index (χ1) is 22.7. The van der Waals surface area contributed by atoms with E-state index in [1.165, 1.54) is 6.42 Å². The fourth-order valence-electron chi connectivity index (χ4n) is 5.56. The van der Waals surface area contributed by atoms with Crippen molar-refractivity contribution in [3.05, 3.63) is 108 Å². The molecule has 2 unspecified atom stereocenters. The Hall–Kier alpha value is -4.47. The van der Waals surface area contributed by atoms with E-state index in [0.717, 1.165) is 68.3 Å². The van der Waals surface area contributed by atoms with Gasteiger partial charge in [-0.2, -0.15) is 0 Å². The summed E-state index contributed by atoms with van der Waals surface area (Å²) in [6.07, 6.45) is 10.5. The molecule has 2 aromatic rings. The van der Waals surface area contributed by atoms with Gasteiger partial charge in [-0.25, -0.2) is 14.8 Å². The molecule has 4 aliphatic rings. The molecule has 0 saturated carbocycles. The van der Waals surface area contributed by atoms with Crippen LogP contribution in [0.15, 0.2) is 60.2 Å². The first kappa shape index (κ1) is 35.4. The van der Waals surface area contributed by atoms with Gasteiger partial charge in [0.15, 0.2) is 17.7 Å². The van der Waals surface area contributed by atoms with E-state index in [-0.39, 0.29) is 23.0 Å². The average Bonchev–Trinajstić information content (AvgIpc) is 3.67. The van der Waals surface area contributed by atoms with Gasteiger partial charge in [-0.3, -0.25) is 20.2 Å². The number of unbranched alkanes of at least 4 members (excludes halogenated alkanes) is 2. The Morgan fingerprint density at radius 3 is 2.23 bits per heavy atom. The molecule has 47 heavy (non-hydrogen) atoms. The lowest BCUT2D eigenvalue weighted by atomic mass is 10.0. The molecule has 15 nitrogen and oxygen atoms in total. The fraction of sp³-hybridized carbons (Fsp3) is 0.433. The first-order valence-corrected chi connectivity index (χ1v) is 15.8. The molecule has 3 saturated heterocycles. The summed E-state index contributed by atoms with van der Waals surface area (Å²) < 4.78 is 5.89. The van der Waals surface area contributed by atoms with Crippen LogP contribution in [0.4, 0.5) is 0 Å². The van der Waals surface area contributed by atoms with Crippen molar-refractivity contribution in [1.82, 2.24) is 30.0 Å². The number of nitrogens with zero attached hydrogens (tertiary/aromatic N) is 7. The molecule has 0 aromatic carbocycles. The van der Waals surface area contributed by atoms with Crippen LogP contribution in [0.25, 0.3) is 0 Å². The second-order valence-corrected chi connectivity index (χ2v) is 11.6. The molecule has 0 radical (unpaired) electrons. The number of hydrogen-bond donors (Lipinski definition) is 1. The van der Waals surface area contributed by atoms with E-state index in [4.69, 9.17) is 27.9 Å². The van der Waals surface area contributed by atoms with Gasteiger partial charge in [0, 0.05) is 58.1 Å². The molecule has 0 amide bonds. The van der Waals surface area contributed by atoms with Gasteiger partial charge < -0.3 is 29.5 Å². The normalized spacial score (nSPS) is 20.3. The van der Waals surface area contributed by atoms with Crippen LogP contribution >= 0.6 is 23.2 Å². The highest BCUT2D eigenvalue weighted by atomic mass is 35.5. The molecule has 6 rings (SSSR count). The average molecular weight is 691 g/mol. The maximum absolute atomic E-state index is 11.6. The number of carbonyl (C=O) groups excluding carboxylic acids is 2. The smallest absolute Gasteiger partial charge is 0.314 e. The van der Waals surface area contributed by atoms with E-state index in [1.54, 1.807) is 24.5 Å². The molecule has 2 bridgehead atoms. The molecule has 0 spiro atoms. The topological polar surface area (TPSA) is 177 Å². The standard InChI is InChI=1S/C15H17ClN4O3.C10H11ClN4O2.C5H7O2/c16-12-5-4-10(8-17-12)9-18-6-7-19-13-3-1-2-11(23-13)14(15(18)19)20(21)22;11-9-2-1-8(5-13-9)6-14-4-3-12-10(14)7-15(16)17;6-4-2-1-3-5-7/h4-5,8,11,13H,1-3,6-7,9H2;1-2,5,7,12H,3-4,6H2;2,4-5H,1,3H2/q;;+1/b;10-7+;. The zero-order valence-electron chi connectivity index (χ0n) is 25.5. The van der Waals surface area contributed by atoms with Crippen LogP contribution in [0.1, 0.15) is 43.2 Å². The number of aromatic nitrogens is 2. The van der Waals surface area contributed by atoms with Gasteiger partial charge in [0.05, 0.1) is 9.85 Å². The zero-order valence-corrected chi connectivity index (χ0v) is 27.0. The molecule has 2 aromatic heterocycles. The van der Waals surface area contributed by atoms with E-state index in [2.05, 4.69) is 25.1 Å². The predicted molar refractivity (Wildman–Crippen MR) is 171 cm³/mol. The number of ether oxygens (including phenoxy) is 1. The van der Waals surface area contributed by atoms with Crippen molar-refractivity contribution in [2.75, 3.05) is 26.2 Å². The second kappa shape index (κ2) is 17.4. The number of nitrogens with one attached hydrogen (secondary N) is 1. The van der Waals surface area contributed by atoms with Crippen LogP contribution in [0.3, 0.4) is 0 Å². The maximum Gasteiger partial charge on any atom is 0.314 e. The number of aldehydes is 2. The quantitative estimate of drug-likeness (QED) is 0.0952. The van der Waals surface area contributed by atoms with Crippen LogP contribution in [0.2, 0.25) is 10.3 Å². The minimum absolute atomic E-state index is 0.0270. The van der Waals surface area contributed by atoms with Crippen molar-refractivity contribution >= 4 is 35.8 Å². The van der Waals surface area contributed by atoms with Crippen molar-refractivity contribution < 1.29 is 24.2 Å². The van der Waals surface area contributed by atoms with Gasteiger partial charge >= 0.3 is 5.70 Å². The third-order valence-corrected chi connectivity index (χ3v) is 8.07. The summed E-state index contributed by atoms with van der Waals surface area (Å²) in [6.45, 7) is 4.12. The van der Waals surface area contributed by atoms with E-state index >= 15 is 0 Å². The molecule has 6 heterocycles. The van der Waals surface area contributed by atoms with E-state index in [1.807, 2.05) is 17.0 Å². The highest BCUT2D eigenvalue weighted by molar-refractivity contribution is 6.29. The largest absolute Gasteiger partial charge is 0.365 e. The summed E-state index contributed by atoms with van der Waals surface area (Å²) in [4.78, 5) is 54.5. The zero-order chi connectivity index (χ0) is 33.8. The monoisotopic (exact) mass is 689 g/mol. The van der Waals surface area contributed by atoms with Crippen molar-refractivity contribution in [3.63, 3.8) is 0 Å². The molecule has 3 fully saturated rings. The molecular weight excluding hydrogens is 655 g/mol. The highest BCUT2D eigenvalue weighted by Gasteiger charge is 2.48. The Balaban J connectivity index is 0.000000183. The van der Waals surface area contributed by atoms with Crippen LogP contribution in [-0.2, 0) is 27.4 Å². The number of pyridine rings is 2. The SMILES string of the molecule is O=C[CH+]CCC=O.O=[N+]([O-])/C=C1\NCCN1Cc1ccc(Cl)nc1.O=[N+]([O-])C1=C2N(Cc3ccc(Cl)nc3)CCN2C2CCCC1O2. The van der Waals surface area contributed by atoms with Crippen LogP contribution in [-0.4, -0.2) is 85.6 Å². The Kier molecular flexibility index (Phi) is 13.1. The molecule has 17 heteroatoms. The lowest BCUT2D eigenvalue weighted by molar-refractivity contribution is -0.448. The Labute approximate surface area is 281 Å². The molecule has 0 aliphatic carbocycles. The summed E-state index contributed by atoms with van der Waals surface area (Å²) in [5.41, 5.74) is 2.16. The van der Waals surface area contributed by atoms with Crippen LogP contribution in [0, 0.1) is 26.6 Å². The van der Waals surface area contributed by atoms with Gasteiger partial charge in [0.1, 0.15) is 35.7 Å². The number of nitro groups is 2. The summed E-state index contributed by atoms with van der Waals surface area (Å²) in [5.74, 6) is 1.26. The number of halogens is 2. The number of carbonyl (C=O) groups is 2. The predicted octanol–water partition coefficient (Wildman–Crippen LogP) is 3.79. The summed E-state index contributed by atoms with van der Waals surface area (Å²) in [7, 11) is 0. The Bertz CT molecular complexity index is 1450.